The van der Waals surface area contributed by atoms with Crippen LogP contribution in [0.1, 0.15) is 24.1 Å². The molecule has 0 aliphatic carbocycles. The molecule has 1 unspecified atom stereocenters. The number of aromatic nitrogens is 1. The molecule has 5 heteroatoms. The number of hydrogen-bond donors (Lipinski definition) is 0. The van der Waals surface area contributed by atoms with Crippen LogP contribution in [0.15, 0.2) is 8.95 Å². The maximum atomic E-state index is 5.29. The molecular weight excluding hydrogens is 348 g/mol. The maximum absolute atomic E-state index is 5.29. The van der Waals surface area contributed by atoms with Crippen LogP contribution in [-0.4, -0.2) is 37.1 Å². The average Bonchev–Trinajstić information content (AvgIpc) is 2.43. The lowest BCUT2D eigenvalue weighted by Gasteiger charge is -2.19. The zero-order chi connectivity index (χ0) is 12.6. The molecule has 1 aromatic heterocycles. The highest BCUT2D eigenvalue weighted by Crippen LogP contribution is 2.39. The Balaban J connectivity index is 2.55. The molecule has 2 heterocycles. The van der Waals surface area contributed by atoms with Gasteiger partial charge in [-0.3, -0.25) is 0 Å². The normalized spacial score (nSPS) is 20.9. The maximum Gasteiger partial charge on any atom is 0.229 e. The number of nitrogens with zero attached hydrogens (tertiary/aromatic N) is 2. The molecule has 0 N–H and O–H groups in total. The van der Waals surface area contributed by atoms with Gasteiger partial charge in [-0.15, -0.1) is 0 Å². The van der Waals surface area contributed by atoms with Crippen molar-refractivity contribution in [1.29, 1.82) is 0 Å². The fraction of sp³-hybridized carbons (Fsp3) is 0.583. The lowest BCUT2D eigenvalue weighted by molar-refractivity contribution is 0.331. The van der Waals surface area contributed by atoms with Crippen LogP contribution in [-0.2, 0) is 6.42 Å². The van der Waals surface area contributed by atoms with E-state index in [-0.39, 0.29) is 0 Å². The predicted octanol–water partition coefficient (Wildman–Crippen LogP) is 3.21. The second kappa shape index (κ2) is 5.24. The van der Waals surface area contributed by atoms with Crippen molar-refractivity contribution in [2.45, 2.75) is 19.3 Å². The van der Waals surface area contributed by atoms with Gasteiger partial charge in [0.1, 0.15) is 0 Å². The summed E-state index contributed by atoms with van der Waals surface area (Å²) in [4.78, 5) is 6.96. The van der Waals surface area contributed by atoms with Crippen LogP contribution >= 0.6 is 31.9 Å². The van der Waals surface area contributed by atoms with Gasteiger partial charge in [-0.25, -0.2) is 4.98 Å². The lowest BCUT2D eigenvalue weighted by atomic mass is 9.99. The highest BCUT2D eigenvalue weighted by Gasteiger charge is 2.24. The summed E-state index contributed by atoms with van der Waals surface area (Å²) in [6, 6.07) is 0. The van der Waals surface area contributed by atoms with Crippen molar-refractivity contribution in [3.05, 3.63) is 20.2 Å². The lowest BCUT2D eigenvalue weighted by Crippen LogP contribution is -2.22. The first kappa shape index (κ1) is 13.3. The Morgan fingerprint density at radius 1 is 1.35 bits per heavy atom. The highest BCUT2D eigenvalue weighted by molar-refractivity contribution is 9.13. The summed E-state index contributed by atoms with van der Waals surface area (Å²) in [6.45, 7) is 4.35. The molecule has 1 aliphatic rings. The highest BCUT2D eigenvalue weighted by atomic mass is 79.9. The van der Waals surface area contributed by atoms with Gasteiger partial charge in [0.15, 0.2) is 0 Å². The van der Waals surface area contributed by atoms with Crippen molar-refractivity contribution in [2.75, 3.05) is 27.2 Å². The molecule has 94 valence electrons. The van der Waals surface area contributed by atoms with Crippen molar-refractivity contribution >= 4 is 31.9 Å². The summed E-state index contributed by atoms with van der Waals surface area (Å²) in [5.41, 5.74) is 2.45. The molecule has 0 aromatic carbocycles. The summed E-state index contributed by atoms with van der Waals surface area (Å²) >= 11 is 7.21. The van der Waals surface area contributed by atoms with Gasteiger partial charge < -0.3 is 9.64 Å². The molecule has 0 saturated carbocycles. The minimum absolute atomic E-state index is 0.474. The third-order valence-corrected chi connectivity index (χ3v) is 5.26. The van der Waals surface area contributed by atoms with Gasteiger partial charge in [0, 0.05) is 24.0 Å². The van der Waals surface area contributed by atoms with E-state index >= 15 is 0 Å². The first-order chi connectivity index (χ1) is 8.04. The average molecular weight is 364 g/mol. The van der Waals surface area contributed by atoms with E-state index in [0.29, 0.717) is 11.8 Å². The molecule has 3 nitrogen and oxygen atoms in total. The molecule has 0 radical (unpaired) electrons. The van der Waals surface area contributed by atoms with E-state index < -0.39 is 0 Å². The largest absolute Gasteiger partial charge is 0.480 e. The monoisotopic (exact) mass is 362 g/mol. The molecule has 2 rings (SSSR count). The summed E-state index contributed by atoms with van der Waals surface area (Å²) < 4.78 is 7.29. The fourth-order valence-corrected chi connectivity index (χ4v) is 3.60. The third kappa shape index (κ3) is 2.51. The second-order valence-corrected chi connectivity index (χ2v) is 6.11. The summed E-state index contributed by atoms with van der Waals surface area (Å²) in [7, 11) is 3.81. The van der Waals surface area contributed by atoms with Crippen molar-refractivity contribution in [2.24, 2.45) is 0 Å². The Morgan fingerprint density at radius 3 is 2.71 bits per heavy atom. The first-order valence-electron chi connectivity index (χ1n) is 5.65. The Bertz CT molecular complexity index is 437. The van der Waals surface area contributed by atoms with Crippen LogP contribution in [0.25, 0.3) is 0 Å². The van der Waals surface area contributed by atoms with E-state index in [4.69, 9.17) is 4.74 Å². The summed E-state index contributed by atoms with van der Waals surface area (Å²) in [6.07, 6.45) is 0.971. The van der Waals surface area contributed by atoms with Crippen molar-refractivity contribution in [3.8, 4) is 5.88 Å². The molecule has 0 amide bonds. The third-order valence-electron chi connectivity index (χ3n) is 3.17. The number of methoxy groups -OCH3 is 1. The molecule has 1 aliphatic heterocycles. The number of likely N-dealkylation sites (N-methyl/N-ethyl adjacent to an activating group) is 1. The zero-order valence-corrected chi connectivity index (χ0v) is 13.4. The summed E-state index contributed by atoms with van der Waals surface area (Å²) in [5.74, 6) is 1.13. The van der Waals surface area contributed by atoms with Crippen molar-refractivity contribution < 1.29 is 4.74 Å². The molecule has 0 spiro atoms. The van der Waals surface area contributed by atoms with Gasteiger partial charge in [-0.05, 0) is 50.4 Å². The van der Waals surface area contributed by atoms with Crippen molar-refractivity contribution in [1.82, 2.24) is 9.88 Å². The standard InChI is InChI=1S/C12H16Br2N2O/c1-7-6-16(2)5-4-8-9(7)10(13)11(14)12(15-8)17-3/h7H,4-6H2,1-3H3. The van der Waals surface area contributed by atoms with E-state index in [0.717, 1.165) is 34.1 Å². The molecule has 17 heavy (non-hydrogen) atoms. The Kier molecular flexibility index (Phi) is 4.10. The predicted molar refractivity (Wildman–Crippen MR) is 75.8 cm³/mol. The summed E-state index contributed by atoms with van der Waals surface area (Å²) in [5, 5.41) is 0. The van der Waals surface area contributed by atoms with Gasteiger partial charge in [-0.2, -0.15) is 0 Å². The van der Waals surface area contributed by atoms with Gasteiger partial charge in [0.05, 0.1) is 17.3 Å². The first-order valence-corrected chi connectivity index (χ1v) is 7.23. The van der Waals surface area contributed by atoms with Gasteiger partial charge in [-0.1, -0.05) is 6.92 Å². The Morgan fingerprint density at radius 2 is 2.06 bits per heavy atom. The minimum atomic E-state index is 0.474. The van der Waals surface area contributed by atoms with E-state index in [1.807, 2.05) is 0 Å². The number of pyridine rings is 1. The molecule has 0 bridgehead atoms. The number of hydrogen-bond acceptors (Lipinski definition) is 3. The molecule has 1 aromatic rings. The molecule has 0 fully saturated rings. The fourth-order valence-electron chi connectivity index (χ4n) is 2.34. The van der Waals surface area contributed by atoms with Crippen LogP contribution in [0, 0.1) is 0 Å². The van der Waals surface area contributed by atoms with E-state index in [1.165, 1.54) is 5.56 Å². The van der Waals surface area contributed by atoms with E-state index in [2.05, 4.69) is 55.7 Å². The number of rotatable bonds is 1. The van der Waals surface area contributed by atoms with E-state index in [1.54, 1.807) is 7.11 Å². The van der Waals surface area contributed by atoms with Crippen LogP contribution in [0.4, 0.5) is 0 Å². The number of ether oxygens (including phenoxy) is 1. The van der Waals surface area contributed by atoms with Gasteiger partial charge >= 0.3 is 0 Å². The van der Waals surface area contributed by atoms with Gasteiger partial charge in [0.25, 0.3) is 0 Å². The quantitative estimate of drug-likeness (QED) is 0.766. The zero-order valence-electron chi connectivity index (χ0n) is 10.3. The topological polar surface area (TPSA) is 25.4 Å². The van der Waals surface area contributed by atoms with Crippen LogP contribution < -0.4 is 4.74 Å². The molecule has 0 saturated heterocycles. The Labute approximate surface area is 119 Å². The second-order valence-electron chi connectivity index (χ2n) is 4.52. The SMILES string of the molecule is COc1nc2c(c(Br)c1Br)C(C)CN(C)CC2. The minimum Gasteiger partial charge on any atom is -0.480 e. The molecule has 1 atom stereocenters. The van der Waals surface area contributed by atoms with Gasteiger partial charge in [0.2, 0.25) is 5.88 Å². The van der Waals surface area contributed by atoms with Crippen molar-refractivity contribution in [3.63, 3.8) is 0 Å². The molecular formula is C12H16Br2N2O. The number of halogens is 2. The smallest absolute Gasteiger partial charge is 0.229 e. The van der Waals surface area contributed by atoms with Crippen LogP contribution in [0.2, 0.25) is 0 Å². The number of fused-ring (bicyclic) bond motifs is 1. The Hall–Kier alpha value is -0.130. The van der Waals surface area contributed by atoms with Crippen LogP contribution in [0.5, 0.6) is 5.88 Å². The van der Waals surface area contributed by atoms with E-state index in [9.17, 15) is 0 Å². The van der Waals surface area contributed by atoms with Crippen LogP contribution in [0.3, 0.4) is 0 Å².